The largest absolute Gasteiger partial charge is 0.453 e. The fraction of sp³-hybridized carbons (Fsp3) is 0.200. The number of halogens is 3. The van der Waals surface area contributed by atoms with Gasteiger partial charge in [0.2, 0.25) is 5.78 Å². The van der Waals surface area contributed by atoms with E-state index in [4.69, 9.17) is 4.74 Å². The minimum atomic E-state index is -4.47. The first kappa shape index (κ1) is 20.2. The van der Waals surface area contributed by atoms with Crippen molar-refractivity contribution in [2.24, 2.45) is 0 Å². The summed E-state index contributed by atoms with van der Waals surface area (Å²) in [5.41, 5.74) is 0.744. The Morgan fingerprint density at radius 3 is 2.55 bits per heavy atom. The molecule has 3 rings (SSSR count). The predicted octanol–water partition coefficient (Wildman–Crippen LogP) is 3.94. The summed E-state index contributed by atoms with van der Waals surface area (Å²) in [6, 6.07) is 6.38. The van der Waals surface area contributed by atoms with Crippen LogP contribution >= 0.6 is 0 Å². The summed E-state index contributed by atoms with van der Waals surface area (Å²) in [4.78, 5) is 32.0. The number of ketones is 1. The Kier molecular flexibility index (Phi) is 5.49. The van der Waals surface area contributed by atoms with Gasteiger partial charge in [-0.05, 0) is 38.1 Å². The fourth-order valence-corrected chi connectivity index (χ4v) is 2.95. The maximum absolute atomic E-state index is 13.0. The smallest absolute Gasteiger partial charge is 0.416 e. The summed E-state index contributed by atoms with van der Waals surface area (Å²) < 4.78 is 45.6. The first-order valence-electron chi connectivity index (χ1n) is 8.51. The number of hydrogen-bond acceptors (Lipinski definition) is 5. The number of esters is 1. The molecular formula is C20H16F3N3O3. The van der Waals surface area contributed by atoms with Crippen molar-refractivity contribution < 1.29 is 27.5 Å². The molecule has 2 aromatic heterocycles. The second-order valence-electron chi connectivity index (χ2n) is 6.26. The van der Waals surface area contributed by atoms with E-state index >= 15 is 0 Å². The number of carbonyl (C=O) groups is 2. The van der Waals surface area contributed by atoms with Crippen molar-refractivity contribution in [3.05, 3.63) is 77.1 Å². The number of Topliss-reactive ketones (excluding diaryl/α,β-unsaturated/α-hetero) is 1. The molecule has 0 amide bonds. The van der Waals surface area contributed by atoms with Gasteiger partial charge in [0.15, 0.2) is 12.3 Å². The molecule has 0 bridgehead atoms. The van der Waals surface area contributed by atoms with E-state index in [0.717, 1.165) is 12.1 Å². The molecule has 0 spiro atoms. The number of ether oxygens (including phenoxy) is 1. The van der Waals surface area contributed by atoms with Gasteiger partial charge in [0, 0.05) is 35.0 Å². The van der Waals surface area contributed by atoms with Gasteiger partial charge in [0.1, 0.15) is 0 Å². The number of alkyl halides is 3. The topological polar surface area (TPSA) is 74.1 Å². The zero-order valence-electron chi connectivity index (χ0n) is 15.5. The molecule has 6 nitrogen and oxygen atoms in total. The van der Waals surface area contributed by atoms with Crippen molar-refractivity contribution in [2.45, 2.75) is 20.0 Å². The van der Waals surface area contributed by atoms with Crippen LogP contribution in [-0.4, -0.2) is 32.9 Å². The highest BCUT2D eigenvalue weighted by molar-refractivity contribution is 6.00. The van der Waals surface area contributed by atoms with Crippen molar-refractivity contribution in [1.29, 1.82) is 0 Å². The van der Waals surface area contributed by atoms with E-state index in [1.165, 1.54) is 30.7 Å². The van der Waals surface area contributed by atoms with Gasteiger partial charge in [0.05, 0.1) is 11.8 Å². The number of nitrogens with zero attached hydrogens (tertiary/aromatic N) is 3. The molecule has 0 saturated heterocycles. The Morgan fingerprint density at radius 2 is 1.90 bits per heavy atom. The lowest BCUT2D eigenvalue weighted by Gasteiger charge is -2.13. The highest BCUT2D eigenvalue weighted by Crippen LogP contribution is 2.31. The van der Waals surface area contributed by atoms with Crippen molar-refractivity contribution in [3.8, 4) is 5.69 Å². The summed E-state index contributed by atoms with van der Waals surface area (Å²) in [5.74, 6) is -1.27. The molecule has 0 atom stereocenters. The molecule has 150 valence electrons. The first-order valence-corrected chi connectivity index (χ1v) is 8.51. The normalized spacial score (nSPS) is 11.3. The highest BCUT2D eigenvalue weighted by Gasteiger charge is 2.31. The number of carbonyl (C=O) groups excluding carboxylic acids is 2. The van der Waals surface area contributed by atoms with Gasteiger partial charge in [-0.3, -0.25) is 9.78 Å². The van der Waals surface area contributed by atoms with Crippen LogP contribution in [0.2, 0.25) is 0 Å². The SMILES string of the molecule is Cc1cc(C(=O)COC(=O)c2cnccn2)c(C)n1-c1cccc(C(F)(F)F)c1. The number of aromatic nitrogens is 3. The van der Waals surface area contributed by atoms with E-state index in [1.54, 1.807) is 24.5 Å². The maximum Gasteiger partial charge on any atom is 0.416 e. The van der Waals surface area contributed by atoms with Gasteiger partial charge < -0.3 is 9.30 Å². The molecule has 0 N–H and O–H groups in total. The van der Waals surface area contributed by atoms with E-state index in [0.29, 0.717) is 11.4 Å². The minimum Gasteiger partial charge on any atom is -0.453 e. The number of hydrogen-bond donors (Lipinski definition) is 0. The third kappa shape index (κ3) is 4.34. The molecule has 0 radical (unpaired) electrons. The predicted molar refractivity (Wildman–Crippen MR) is 96.9 cm³/mol. The summed E-state index contributed by atoms with van der Waals surface area (Å²) in [7, 11) is 0. The van der Waals surface area contributed by atoms with Crippen LogP contribution in [-0.2, 0) is 10.9 Å². The number of aryl methyl sites for hydroxylation is 1. The van der Waals surface area contributed by atoms with Crippen molar-refractivity contribution in [2.75, 3.05) is 6.61 Å². The van der Waals surface area contributed by atoms with Crippen LogP contribution in [0.5, 0.6) is 0 Å². The monoisotopic (exact) mass is 403 g/mol. The van der Waals surface area contributed by atoms with E-state index < -0.39 is 30.1 Å². The van der Waals surface area contributed by atoms with Crippen molar-refractivity contribution in [3.63, 3.8) is 0 Å². The van der Waals surface area contributed by atoms with E-state index in [9.17, 15) is 22.8 Å². The maximum atomic E-state index is 13.0. The molecule has 0 fully saturated rings. The average Bonchev–Trinajstić information content (AvgIpc) is 3.00. The number of benzene rings is 1. The van der Waals surface area contributed by atoms with Gasteiger partial charge in [0.25, 0.3) is 0 Å². The van der Waals surface area contributed by atoms with E-state index in [2.05, 4.69) is 9.97 Å². The van der Waals surface area contributed by atoms with Crippen LogP contribution in [0, 0.1) is 13.8 Å². The minimum absolute atomic E-state index is 0.0326. The van der Waals surface area contributed by atoms with Crippen LogP contribution in [0.25, 0.3) is 5.69 Å². The lowest BCUT2D eigenvalue weighted by molar-refractivity contribution is -0.137. The van der Waals surface area contributed by atoms with Crippen molar-refractivity contribution >= 4 is 11.8 Å². The van der Waals surface area contributed by atoms with Gasteiger partial charge in [-0.1, -0.05) is 6.07 Å². The van der Waals surface area contributed by atoms with E-state index in [1.807, 2.05) is 0 Å². The lowest BCUT2D eigenvalue weighted by Crippen LogP contribution is -2.16. The Labute approximate surface area is 164 Å². The van der Waals surface area contributed by atoms with Gasteiger partial charge >= 0.3 is 12.1 Å². The third-order valence-electron chi connectivity index (χ3n) is 4.27. The molecule has 1 aromatic carbocycles. The quantitative estimate of drug-likeness (QED) is 0.477. The van der Waals surface area contributed by atoms with Gasteiger partial charge in [-0.15, -0.1) is 0 Å². The Balaban J connectivity index is 1.82. The molecule has 3 aromatic rings. The average molecular weight is 403 g/mol. The molecule has 0 saturated carbocycles. The van der Waals surface area contributed by atoms with Gasteiger partial charge in [-0.25, -0.2) is 9.78 Å². The van der Waals surface area contributed by atoms with Crippen molar-refractivity contribution in [1.82, 2.24) is 14.5 Å². The molecule has 0 aliphatic rings. The molecule has 9 heteroatoms. The molecule has 0 unspecified atom stereocenters. The second-order valence-corrected chi connectivity index (χ2v) is 6.26. The Morgan fingerprint density at radius 1 is 1.14 bits per heavy atom. The highest BCUT2D eigenvalue weighted by atomic mass is 19.4. The van der Waals surface area contributed by atoms with E-state index in [-0.39, 0.29) is 16.9 Å². The molecule has 29 heavy (non-hydrogen) atoms. The summed E-state index contributed by atoms with van der Waals surface area (Å²) in [6.45, 7) is 2.77. The molecular weight excluding hydrogens is 387 g/mol. The lowest BCUT2D eigenvalue weighted by atomic mass is 10.1. The van der Waals surface area contributed by atoms with Crippen LogP contribution in [0.1, 0.15) is 37.8 Å². The Bertz CT molecular complexity index is 1060. The molecule has 0 aliphatic heterocycles. The molecule has 2 heterocycles. The van der Waals surface area contributed by atoms with Crippen LogP contribution in [0.4, 0.5) is 13.2 Å². The van der Waals surface area contributed by atoms with Crippen LogP contribution in [0.3, 0.4) is 0 Å². The zero-order chi connectivity index (χ0) is 21.2. The summed E-state index contributed by atoms with van der Waals surface area (Å²) in [6.07, 6.45) is -0.545. The first-order chi connectivity index (χ1) is 13.7. The van der Waals surface area contributed by atoms with Crippen LogP contribution < -0.4 is 0 Å². The van der Waals surface area contributed by atoms with Gasteiger partial charge in [-0.2, -0.15) is 13.2 Å². The Hall–Kier alpha value is -3.49. The summed E-state index contributed by atoms with van der Waals surface area (Å²) >= 11 is 0. The third-order valence-corrected chi connectivity index (χ3v) is 4.27. The standard InChI is InChI=1S/C20H16F3N3O3/c1-12-8-16(18(27)11-29-19(28)17-10-24-6-7-25-17)13(2)26(12)15-5-3-4-14(9-15)20(21,22)23/h3-10H,11H2,1-2H3. The second kappa shape index (κ2) is 7.86. The zero-order valence-corrected chi connectivity index (χ0v) is 15.5. The fourth-order valence-electron chi connectivity index (χ4n) is 2.95. The molecule has 0 aliphatic carbocycles. The summed E-state index contributed by atoms with van der Waals surface area (Å²) in [5, 5.41) is 0. The number of rotatable bonds is 5. The van der Waals surface area contributed by atoms with Crippen LogP contribution in [0.15, 0.2) is 48.9 Å².